The third-order valence-corrected chi connectivity index (χ3v) is 2.26. The van der Waals surface area contributed by atoms with E-state index in [4.69, 9.17) is 0 Å². The van der Waals surface area contributed by atoms with Crippen molar-refractivity contribution in [2.45, 2.75) is 34.6 Å². The van der Waals surface area contributed by atoms with Crippen molar-refractivity contribution in [3.63, 3.8) is 0 Å². The maximum atomic E-state index is 3.88. The zero-order chi connectivity index (χ0) is 9.78. The standard InChI is InChI=1S/C12H21/c1-7-9-12(5,6)11(8-2)10(3)4/h7-9,11H,2H2,1,3-6H3. The molecule has 69 valence electrons. The number of hydrogen-bond acceptors (Lipinski definition) is 0. The van der Waals surface area contributed by atoms with Crippen LogP contribution in [0.5, 0.6) is 0 Å². The van der Waals surface area contributed by atoms with Gasteiger partial charge in [-0.3, -0.25) is 0 Å². The summed E-state index contributed by atoms with van der Waals surface area (Å²) in [6.07, 6.45) is 6.39. The van der Waals surface area contributed by atoms with Crippen LogP contribution < -0.4 is 0 Å². The van der Waals surface area contributed by atoms with E-state index in [0.717, 1.165) is 0 Å². The van der Waals surface area contributed by atoms with Crippen molar-refractivity contribution in [3.05, 3.63) is 30.7 Å². The fourth-order valence-corrected chi connectivity index (χ4v) is 1.82. The number of hydrogen-bond donors (Lipinski definition) is 0. The fourth-order valence-electron chi connectivity index (χ4n) is 1.82. The molecule has 0 aromatic heterocycles. The largest absolute Gasteiger partial charge is 0.103 e. The molecule has 1 unspecified atom stereocenters. The van der Waals surface area contributed by atoms with E-state index in [0.29, 0.717) is 5.92 Å². The molecule has 0 aliphatic rings. The summed E-state index contributed by atoms with van der Waals surface area (Å²) in [5, 5.41) is 0. The van der Waals surface area contributed by atoms with Crippen LogP contribution in [-0.4, -0.2) is 0 Å². The first-order valence-electron chi connectivity index (χ1n) is 4.52. The molecule has 0 rings (SSSR count). The van der Waals surface area contributed by atoms with E-state index in [2.05, 4.69) is 53.3 Å². The lowest BCUT2D eigenvalue weighted by Gasteiger charge is -2.32. The molecule has 0 aromatic carbocycles. The van der Waals surface area contributed by atoms with Crippen molar-refractivity contribution in [3.8, 4) is 0 Å². The topological polar surface area (TPSA) is 0 Å². The van der Waals surface area contributed by atoms with Crippen molar-refractivity contribution in [1.82, 2.24) is 0 Å². The van der Waals surface area contributed by atoms with Crippen molar-refractivity contribution >= 4 is 0 Å². The van der Waals surface area contributed by atoms with E-state index < -0.39 is 0 Å². The Hall–Kier alpha value is -0.520. The highest BCUT2D eigenvalue weighted by molar-refractivity contribution is 5.11. The smallest absolute Gasteiger partial charge is 0.00935 e. The Bertz CT molecular complexity index is 161. The first-order valence-corrected chi connectivity index (χ1v) is 4.52. The minimum atomic E-state index is 0.204. The van der Waals surface area contributed by atoms with E-state index in [1.165, 1.54) is 5.92 Å². The lowest BCUT2D eigenvalue weighted by molar-refractivity contribution is 0.356. The minimum absolute atomic E-state index is 0.204. The molecule has 0 bridgehead atoms. The summed E-state index contributed by atoms with van der Waals surface area (Å²) in [7, 11) is 0. The summed E-state index contributed by atoms with van der Waals surface area (Å²) < 4.78 is 0. The van der Waals surface area contributed by atoms with Crippen LogP contribution in [0.1, 0.15) is 34.6 Å². The average Bonchev–Trinajstić information content (AvgIpc) is 1.86. The zero-order valence-electron chi connectivity index (χ0n) is 9.02. The molecule has 0 N–H and O–H groups in total. The highest BCUT2D eigenvalue weighted by atomic mass is 14.3. The molecule has 0 heterocycles. The normalized spacial score (nSPS) is 15.5. The first kappa shape index (κ1) is 11.5. The van der Waals surface area contributed by atoms with E-state index in [1.807, 2.05) is 6.08 Å². The van der Waals surface area contributed by atoms with Crippen molar-refractivity contribution in [1.29, 1.82) is 0 Å². The van der Waals surface area contributed by atoms with Crippen LogP contribution in [0.3, 0.4) is 0 Å². The van der Waals surface area contributed by atoms with Gasteiger partial charge in [0, 0.05) is 0 Å². The van der Waals surface area contributed by atoms with E-state index in [9.17, 15) is 0 Å². The van der Waals surface area contributed by atoms with E-state index in [-0.39, 0.29) is 5.41 Å². The molecule has 0 aromatic rings. The summed E-state index contributed by atoms with van der Waals surface area (Å²) in [5.41, 5.74) is 0.204. The van der Waals surface area contributed by atoms with Crippen LogP contribution in [0, 0.1) is 17.3 Å². The van der Waals surface area contributed by atoms with Crippen LogP contribution in [0.25, 0.3) is 0 Å². The van der Waals surface area contributed by atoms with Crippen LogP contribution >= 0.6 is 0 Å². The number of allylic oxidation sites excluding steroid dienone is 3. The van der Waals surface area contributed by atoms with Gasteiger partial charge in [-0.2, -0.15) is 0 Å². The van der Waals surface area contributed by atoms with Crippen LogP contribution in [0.2, 0.25) is 0 Å². The molecule has 0 saturated carbocycles. The van der Waals surface area contributed by atoms with Gasteiger partial charge in [0.2, 0.25) is 0 Å². The van der Waals surface area contributed by atoms with Gasteiger partial charge >= 0.3 is 0 Å². The number of rotatable bonds is 4. The van der Waals surface area contributed by atoms with Gasteiger partial charge in [-0.1, -0.05) is 45.9 Å². The van der Waals surface area contributed by atoms with Crippen molar-refractivity contribution in [2.24, 2.45) is 11.3 Å². The van der Waals surface area contributed by atoms with E-state index >= 15 is 0 Å². The van der Waals surface area contributed by atoms with Gasteiger partial charge in [0.25, 0.3) is 0 Å². The Labute approximate surface area is 77.4 Å². The summed E-state index contributed by atoms with van der Waals surface area (Å²) in [4.78, 5) is 0. The summed E-state index contributed by atoms with van der Waals surface area (Å²) in [6, 6.07) is 0. The van der Waals surface area contributed by atoms with Crippen LogP contribution in [0.4, 0.5) is 0 Å². The van der Waals surface area contributed by atoms with Gasteiger partial charge in [-0.15, -0.1) is 6.58 Å². The average molecular weight is 165 g/mol. The van der Waals surface area contributed by atoms with Gasteiger partial charge in [-0.25, -0.2) is 0 Å². The maximum absolute atomic E-state index is 3.88. The molecular weight excluding hydrogens is 144 g/mol. The third kappa shape index (κ3) is 2.84. The molecule has 0 fully saturated rings. The molecule has 0 aliphatic heterocycles. The highest BCUT2D eigenvalue weighted by Crippen LogP contribution is 2.35. The Morgan fingerprint density at radius 1 is 1.33 bits per heavy atom. The van der Waals surface area contributed by atoms with Crippen LogP contribution in [-0.2, 0) is 0 Å². The van der Waals surface area contributed by atoms with Gasteiger partial charge in [0.1, 0.15) is 0 Å². The van der Waals surface area contributed by atoms with Gasteiger partial charge in [-0.05, 0) is 24.2 Å². The van der Waals surface area contributed by atoms with Crippen LogP contribution in [0.15, 0.2) is 24.8 Å². The highest BCUT2D eigenvalue weighted by Gasteiger charge is 2.26. The monoisotopic (exact) mass is 165 g/mol. The Morgan fingerprint density at radius 3 is 2.08 bits per heavy atom. The lowest BCUT2D eigenvalue weighted by Crippen LogP contribution is -2.23. The minimum Gasteiger partial charge on any atom is -0.103 e. The zero-order valence-corrected chi connectivity index (χ0v) is 9.02. The Morgan fingerprint density at radius 2 is 1.83 bits per heavy atom. The van der Waals surface area contributed by atoms with Crippen molar-refractivity contribution in [2.75, 3.05) is 0 Å². The second kappa shape index (κ2) is 4.49. The molecule has 12 heavy (non-hydrogen) atoms. The van der Waals surface area contributed by atoms with Gasteiger partial charge in [0.05, 0.1) is 0 Å². The Balaban J connectivity index is 4.58. The summed E-state index contributed by atoms with van der Waals surface area (Å²) >= 11 is 0. The molecule has 1 atom stereocenters. The molecule has 0 spiro atoms. The molecule has 0 saturated heterocycles. The molecule has 0 aliphatic carbocycles. The quantitative estimate of drug-likeness (QED) is 0.552. The molecule has 0 heteroatoms. The van der Waals surface area contributed by atoms with Crippen molar-refractivity contribution < 1.29 is 0 Å². The fraction of sp³-hybridized carbons (Fsp3) is 0.583. The lowest BCUT2D eigenvalue weighted by atomic mass is 9.73. The van der Waals surface area contributed by atoms with Gasteiger partial charge < -0.3 is 0 Å². The molecule has 1 radical (unpaired) electrons. The van der Waals surface area contributed by atoms with E-state index in [1.54, 1.807) is 0 Å². The molecular formula is C12H21. The first-order chi connectivity index (χ1) is 5.45. The summed E-state index contributed by atoms with van der Waals surface area (Å²) in [5.74, 6) is 1.90. The second-order valence-electron chi connectivity index (χ2n) is 4.11. The predicted molar refractivity (Wildman–Crippen MR) is 56.9 cm³/mol. The Kier molecular flexibility index (Phi) is 4.30. The summed E-state index contributed by atoms with van der Waals surface area (Å²) in [6.45, 7) is 14.8. The maximum Gasteiger partial charge on any atom is -0.00935 e. The molecule has 0 nitrogen and oxygen atoms in total. The SMILES string of the molecule is C=CC([C](C)C)C(C)(C)C=CC. The predicted octanol–water partition coefficient (Wildman–Crippen LogP) is 4.01. The molecule has 0 amide bonds. The third-order valence-electron chi connectivity index (χ3n) is 2.26. The van der Waals surface area contributed by atoms with Gasteiger partial charge in [0.15, 0.2) is 0 Å². The second-order valence-corrected chi connectivity index (χ2v) is 4.11.